The first-order valence-corrected chi connectivity index (χ1v) is 7.45. The number of rotatable bonds is 5. The molecule has 0 aromatic rings. The summed E-state index contributed by atoms with van der Waals surface area (Å²) in [6.07, 6.45) is -0.849. The lowest BCUT2D eigenvalue weighted by atomic mass is 10.5. The van der Waals surface area contributed by atoms with E-state index in [4.69, 9.17) is 43.9 Å². The topological polar surface area (TPSA) is 55.8 Å². The number of aliphatic hydroxyl groups excluding tert-OH is 1. The smallest absolute Gasteiger partial charge is 0.363 e. The summed E-state index contributed by atoms with van der Waals surface area (Å²) in [6, 6.07) is 0. The van der Waals surface area contributed by atoms with Crippen LogP contribution in [-0.4, -0.2) is 27.0 Å². The maximum Gasteiger partial charge on any atom is 0.363 e. The summed E-state index contributed by atoms with van der Waals surface area (Å²) in [4.78, 5) is 0. The van der Waals surface area contributed by atoms with Crippen LogP contribution < -0.4 is 0 Å². The van der Waals surface area contributed by atoms with Crippen molar-refractivity contribution in [1.82, 2.24) is 0 Å². The average Bonchev–Trinajstić information content (AvgIpc) is 1.97. The van der Waals surface area contributed by atoms with E-state index in [1.54, 1.807) is 27.7 Å². The molecule has 0 aliphatic rings. The van der Waals surface area contributed by atoms with E-state index in [-0.39, 0.29) is 0 Å². The van der Waals surface area contributed by atoms with E-state index in [0.29, 0.717) is 0 Å². The molecule has 0 spiro atoms. The summed E-state index contributed by atoms with van der Waals surface area (Å²) in [5.41, 5.74) is 0. The van der Waals surface area contributed by atoms with Crippen molar-refractivity contribution in [3.05, 3.63) is 0 Å². The molecule has 0 amide bonds. The Morgan fingerprint density at radius 2 is 1.38 bits per heavy atom. The molecule has 0 radical (unpaired) electrons. The second-order valence-electron chi connectivity index (χ2n) is 3.76. The first kappa shape index (κ1) is 17.0. The molecule has 8 heteroatoms. The molecule has 16 heavy (non-hydrogen) atoms. The zero-order valence-corrected chi connectivity index (χ0v) is 12.6. The molecule has 0 saturated heterocycles. The van der Waals surface area contributed by atoms with E-state index in [9.17, 15) is 9.67 Å². The van der Waals surface area contributed by atoms with Gasteiger partial charge in [0, 0.05) is 0 Å². The second kappa shape index (κ2) is 6.24. The molecule has 0 unspecified atom stereocenters. The first-order valence-electron chi connectivity index (χ1n) is 4.70. The molecule has 0 heterocycles. The Bertz CT molecular complexity index is 250. The van der Waals surface area contributed by atoms with Crippen LogP contribution in [0.4, 0.5) is 0 Å². The van der Waals surface area contributed by atoms with Crippen molar-refractivity contribution in [3.8, 4) is 0 Å². The Labute approximate surface area is 111 Å². The molecular formula is C8H16Cl3O4P. The zero-order valence-electron chi connectivity index (χ0n) is 9.49. The maximum atomic E-state index is 12.2. The van der Waals surface area contributed by atoms with Crippen LogP contribution in [0.3, 0.4) is 0 Å². The van der Waals surface area contributed by atoms with Crippen molar-refractivity contribution in [3.63, 3.8) is 0 Å². The third-order valence-corrected chi connectivity index (χ3v) is 4.80. The number of hydrogen-bond donors (Lipinski definition) is 1. The van der Waals surface area contributed by atoms with Gasteiger partial charge in [0.1, 0.15) is 0 Å². The minimum Gasteiger partial charge on any atom is -0.377 e. The molecule has 0 aliphatic carbocycles. The number of alkyl halides is 3. The molecule has 0 saturated carbocycles. The van der Waals surface area contributed by atoms with Gasteiger partial charge in [-0.05, 0) is 27.7 Å². The van der Waals surface area contributed by atoms with Gasteiger partial charge in [0.25, 0.3) is 0 Å². The molecule has 98 valence electrons. The maximum absolute atomic E-state index is 12.2. The Morgan fingerprint density at radius 1 is 1.06 bits per heavy atom. The largest absolute Gasteiger partial charge is 0.377 e. The average molecular weight is 314 g/mol. The lowest BCUT2D eigenvalue weighted by Crippen LogP contribution is -2.29. The van der Waals surface area contributed by atoms with Gasteiger partial charge >= 0.3 is 7.60 Å². The number of hydrogen-bond acceptors (Lipinski definition) is 4. The fourth-order valence-electron chi connectivity index (χ4n) is 0.907. The van der Waals surface area contributed by atoms with Crippen LogP contribution in [-0.2, 0) is 13.6 Å². The van der Waals surface area contributed by atoms with Gasteiger partial charge in [0.15, 0.2) is 0 Å². The summed E-state index contributed by atoms with van der Waals surface area (Å²) in [5, 5.41) is 9.69. The van der Waals surface area contributed by atoms with Gasteiger partial charge in [0.05, 0.1) is 12.2 Å². The highest BCUT2D eigenvalue weighted by atomic mass is 35.6. The minimum atomic E-state index is -3.88. The van der Waals surface area contributed by atoms with Crippen LogP contribution in [0.2, 0.25) is 0 Å². The monoisotopic (exact) mass is 312 g/mol. The Kier molecular flexibility index (Phi) is 6.62. The van der Waals surface area contributed by atoms with Crippen molar-refractivity contribution < 1.29 is 18.7 Å². The normalized spacial score (nSPS) is 15.9. The molecule has 0 bridgehead atoms. The zero-order chi connectivity index (χ0) is 13.1. The highest BCUT2D eigenvalue weighted by Gasteiger charge is 2.48. The Balaban J connectivity index is 5.00. The lowest BCUT2D eigenvalue weighted by Gasteiger charge is -2.29. The van der Waals surface area contributed by atoms with Crippen LogP contribution in [0, 0.1) is 0 Å². The van der Waals surface area contributed by atoms with Gasteiger partial charge in [-0.15, -0.1) is 0 Å². The minimum absolute atomic E-state index is 0.424. The standard InChI is InChI=1S/C8H16Cl3O4P/c1-5(2)14-16(13,15-6(3)4)7(12)8(9,10)11/h5-7,12H,1-4H3/t7-/m0/s1. The molecule has 0 fully saturated rings. The van der Waals surface area contributed by atoms with Crippen molar-refractivity contribution >= 4 is 42.4 Å². The van der Waals surface area contributed by atoms with Crippen molar-refractivity contribution in [2.75, 3.05) is 0 Å². The van der Waals surface area contributed by atoms with Crippen LogP contribution in [0.25, 0.3) is 0 Å². The number of aliphatic hydroxyl groups is 1. The van der Waals surface area contributed by atoms with Gasteiger partial charge < -0.3 is 14.2 Å². The van der Waals surface area contributed by atoms with E-state index >= 15 is 0 Å². The van der Waals surface area contributed by atoms with E-state index in [2.05, 4.69) is 0 Å². The predicted molar refractivity (Wildman–Crippen MR) is 66.3 cm³/mol. The molecule has 1 N–H and O–H groups in total. The van der Waals surface area contributed by atoms with Crippen LogP contribution in [0.15, 0.2) is 0 Å². The highest BCUT2D eigenvalue weighted by molar-refractivity contribution is 7.55. The van der Waals surface area contributed by atoms with Crippen molar-refractivity contribution in [2.24, 2.45) is 0 Å². The third-order valence-electron chi connectivity index (χ3n) is 1.31. The van der Waals surface area contributed by atoms with Crippen LogP contribution in [0.5, 0.6) is 0 Å². The molecule has 0 aliphatic heterocycles. The summed E-state index contributed by atoms with van der Waals surface area (Å²) in [7, 11) is -3.88. The van der Waals surface area contributed by atoms with Gasteiger partial charge in [-0.25, -0.2) is 0 Å². The van der Waals surface area contributed by atoms with E-state index < -0.39 is 29.4 Å². The Hall–Kier alpha value is 0.980. The van der Waals surface area contributed by atoms with E-state index in [1.165, 1.54) is 0 Å². The Morgan fingerprint density at radius 3 is 1.56 bits per heavy atom. The van der Waals surface area contributed by atoms with E-state index in [1.807, 2.05) is 0 Å². The summed E-state index contributed by atoms with van der Waals surface area (Å²) < 4.78 is 20.2. The molecule has 0 aromatic carbocycles. The predicted octanol–water partition coefficient (Wildman–Crippen LogP) is 3.72. The highest BCUT2D eigenvalue weighted by Crippen LogP contribution is 2.60. The van der Waals surface area contributed by atoms with Gasteiger partial charge in [0.2, 0.25) is 9.64 Å². The SMILES string of the molecule is CC(C)OP(=O)(OC(C)C)[C@H](O)C(Cl)(Cl)Cl. The third kappa shape index (κ3) is 5.54. The second-order valence-corrected chi connectivity index (χ2v) is 8.12. The van der Waals surface area contributed by atoms with Crippen molar-refractivity contribution in [2.45, 2.75) is 49.5 Å². The summed E-state index contributed by atoms with van der Waals surface area (Å²) in [5.74, 6) is -1.82. The van der Waals surface area contributed by atoms with Gasteiger partial charge in [-0.3, -0.25) is 4.57 Å². The lowest BCUT2D eigenvalue weighted by molar-refractivity contribution is 0.102. The van der Waals surface area contributed by atoms with Crippen LogP contribution >= 0.6 is 42.4 Å². The van der Waals surface area contributed by atoms with Gasteiger partial charge in [-0.2, -0.15) is 0 Å². The molecule has 1 atom stereocenters. The fourth-order valence-corrected chi connectivity index (χ4v) is 3.80. The van der Waals surface area contributed by atoms with Gasteiger partial charge in [-0.1, -0.05) is 34.8 Å². The fraction of sp³-hybridized carbons (Fsp3) is 1.00. The summed E-state index contributed by atoms with van der Waals surface area (Å²) in [6.45, 7) is 6.56. The van der Waals surface area contributed by atoms with Crippen LogP contribution in [0.1, 0.15) is 27.7 Å². The molecule has 4 nitrogen and oxygen atoms in total. The molecular weight excluding hydrogens is 297 g/mol. The molecule has 0 rings (SSSR count). The molecule has 0 aromatic heterocycles. The quantitative estimate of drug-likeness (QED) is 0.621. The van der Waals surface area contributed by atoms with E-state index in [0.717, 1.165) is 0 Å². The first-order chi connectivity index (χ1) is 6.99. The van der Waals surface area contributed by atoms with Crippen molar-refractivity contribution in [1.29, 1.82) is 0 Å². The summed E-state index contributed by atoms with van der Waals surface area (Å²) >= 11 is 16.5. The number of halogens is 3.